The van der Waals surface area contributed by atoms with E-state index < -0.39 is 0 Å². The molecule has 6 heteroatoms. The Labute approximate surface area is 183 Å². The molecule has 2 heterocycles. The van der Waals surface area contributed by atoms with Crippen LogP contribution in [-0.4, -0.2) is 22.3 Å². The van der Waals surface area contributed by atoms with E-state index in [4.69, 9.17) is 14.0 Å². The van der Waals surface area contributed by atoms with E-state index in [9.17, 15) is 0 Å². The number of fused-ring (bicyclic) bond motifs is 1. The minimum atomic E-state index is 0.139. The maximum atomic E-state index is 6.32. The summed E-state index contributed by atoms with van der Waals surface area (Å²) in [4.78, 5) is 4.25. The molecule has 0 amide bonds. The number of rotatable bonds is 6. The fourth-order valence-corrected chi connectivity index (χ4v) is 4.57. The molecule has 0 spiro atoms. The maximum Gasteiger partial charge on any atom is 0.223 e. The predicted octanol–water partition coefficient (Wildman–Crippen LogP) is 4.92. The molecule has 0 saturated heterocycles. The van der Waals surface area contributed by atoms with E-state index in [1.165, 1.54) is 11.1 Å². The van der Waals surface area contributed by atoms with Gasteiger partial charge in [0.15, 0.2) is 5.82 Å². The fraction of sp³-hybridized carbons (Fsp3) is 0.440. The summed E-state index contributed by atoms with van der Waals surface area (Å²) in [6.07, 6.45) is 6.70. The molecule has 2 aromatic carbocycles. The minimum Gasteiger partial charge on any atom is -0.490 e. The average Bonchev–Trinajstić information content (AvgIpc) is 3.24. The van der Waals surface area contributed by atoms with Crippen molar-refractivity contribution in [3.63, 3.8) is 0 Å². The van der Waals surface area contributed by atoms with Gasteiger partial charge in [-0.05, 0) is 67.9 Å². The Kier molecular flexibility index (Phi) is 5.89. The van der Waals surface area contributed by atoms with Crippen molar-refractivity contribution in [1.82, 2.24) is 15.5 Å². The first-order valence-corrected chi connectivity index (χ1v) is 11.3. The highest BCUT2D eigenvalue weighted by atomic mass is 16.5. The summed E-state index contributed by atoms with van der Waals surface area (Å²) >= 11 is 0. The first kappa shape index (κ1) is 20.1. The Morgan fingerprint density at radius 1 is 1.03 bits per heavy atom. The molecule has 1 N–H and O–H groups in total. The molecular weight excluding hydrogens is 390 g/mol. The molecule has 1 aliphatic heterocycles. The third kappa shape index (κ3) is 4.90. The summed E-state index contributed by atoms with van der Waals surface area (Å²) in [7, 11) is 0. The lowest BCUT2D eigenvalue weighted by molar-refractivity contribution is 0.137. The molecule has 162 valence electrons. The second-order valence-electron chi connectivity index (χ2n) is 8.53. The highest BCUT2D eigenvalue weighted by molar-refractivity contribution is 5.42. The summed E-state index contributed by atoms with van der Waals surface area (Å²) < 4.78 is 17.6. The Bertz CT molecular complexity index is 996. The molecule has 1 aliphatic carbocycles. The van der Waals surface area contributed by atoms with Gasteiger partial charge in [-0.25, -0.2) is 0 Å². The molecule has 1 fully saturated rings. The van der Waals surface area contributed by atoms with Gasteiger partial charge in [0.05, 0.1) is 12.6 Å². The van der Waals surface area contributed by atoms with Crippen LogP contribution < -0.4 is 14.8 Å². The van der Waals surface area contributed by atoms with Crippen molar-refractivity contribution in [1.29, 1.82) is 0 Å². The molecule has 0 bridgehead atoms. The van der Waals surface area contributed by atoms with Crippen LogP contribution in [0.1, 0.15) is 61.1 Å². The van der Waals surface area contributed by atoms with Crippen LogP contribution >= 0.6 is 0 Å². The molecule has 5 rings (SSSR count). The maximum absolute atomic E-state index is 6.32. The summed E-state index contributed by atoms with van der Waals surface area (Å²) in [5.74, 6) is 3.28. The van der Waals surface area contributed by atoms with Crippen LogP contribution in [0.2, 0.25) is 0 Å². The molecule has 3 aromatic rings. The van der Waals surface area contributed by atoms with Crippen LogP contribution in [0.15, 0.2) is 53.1 Å². The lowest BCUT2D eigenvalue weighted by Crippen LogP contribution is -2.36. The third-order valence-corrected chi connectivity index (χ3v) is 6.24. The van der Waals surface area contributed by atoms with Crippen LogP contribution in [0.4, 0.5) is 0 Å². The van der Waals surface area contributed by atoms with Gasteiger partial charge >= 0.3 is 0 Å². The summed E-state index contributed by atoms with van der Waals surface area (Å²) in [6.45, 7) is 2.47. The standard InChI is InChI=1S/C25H29N3O3/c1-17-27-25(28-31-17)16-26-20-8-10-21(11-9-20)29-22-12-14-24-19(15-22)7-13-23(30-24)18-5-3-2-4-6-18/h2-6,12,14-15,20-21,23,26H,7-11,13,16H2,1H3. The molecule has 31 heavy (non-hydrogen) atoms. The number of nitrogens with zero attached hydrogens (tertiary/aromatic N) is 2. The van der Waals surface area contributed by atoms with Gasteiger partial charge in [0.25, 0.3) is 0 Å². The van der Waals surface area contributed by atoms with E-state index in [0.29, 0.717) is 18.5 Å². The van der Waals surface area contributed by atoms with Gasteiger partial charge in [-0.15, -0.1) is 0 Å². The lowest BCUT2D eigenvalue weighted by Gasteiger charge is -2.30. The molecule has 2 aliphatic rings. The normalized spacial score (nSPS) is 23.1. The van der Waals surface area contributed by atoms with Crippen molar-refractivity contribution in [3.05, 3.63) is 71.4 Å². The topological polar surface area (TPSA) is 69.4 Å². The van der Waals surface area contributed by atoms with Crippen LogP contribution in [0.5, 0.6) is 11.5 Å². The van der Waals surface area contributed by atoms with Gasteiger partial charge in [0, 0.05) is 13.0 Å². The van der Waals surface area contributed by atoms with E-state index in [1.54, 1.807) is 0 Å². The van der Waals surface area contributed by atoms with Gasteiger partial charge in [-0.3, -0.25) is 0 Å². The number of aromatic nitrogens is 2. The average molecular weight is 420 g/mol. The molecule has 1 unspecified atom stereocenters. The third-order valence-electron chi connectivity index (χ3n) is 6.24. The van der Waals surface area contributed by atoms with E-state index in [0.717, 1.165) is 55.8 Å². The first-order chi connectivity index (χ1) is 15.2. The SMILES string of the molecule is Cc1nc(CNC2CCC(Oc3ccc4c(c3)CCC(c3ccccc3)O4)CC2)no1. The van der Waals surface area contributed by atoms with Crippen molar-refractivity contribution in [2.45, 2.75) is 70.2 Å². The predicted molar refractivity (Wildman–Crippen MR) is 117 cm³/mol. The summed E-state index contributed by atoms with van der Waals surface area (Å²) in [5.41, 5.74) is 2.49. The quantitative estimate of drug-likeness (QED) is 0.611. The van der Waals surface area contributed by atoms with Crippen LogP contribution in [0.25, 0.3) is 0 Å². The Morgan fingerprint density at radius 2 is 1.87 bits per heavy atom. The Balaban J connectivity index is 1.12. The second kappa shape index (κ2) is 9.10. The van der Waals surface area contributed by atoms with Gasteiger partial charge in [0.1, 0.15) is 17.6 Å². The number of benzene rings is 2. The summed E-state index contributed by atoms with van der Waals surface area (Å²) in [5, 5.41) is 7.48. The van der Waals surface area contributed by atoms with E-state index in [2.05, 4.69) is 57.9 Å². The highest BCUT2D eigenvalue weighted by Crippen LogP contribution is 2.37. The van der Waals surface area contributed by atoms with Crippen molar-refractivity contribution >= 4 is 0 Å². The zero-order valence-electron chi connectivity index (χ0n) is 17.9. The number of ether oxygens (including phenoxy) is 2. The zero-order chi connectivity index (χ0) is 21.0. The second-order valence-corrected chi connectivity index (χ2v) is 8.53. The number of hydrogen-bond donors (Lipinski definition) is 1. The van der Waals surface area contributed by atoms with Gasteiger partial charge in [-0.2, -0.15) is 4.98 Å². The zero-order valence-corrected chi connectivity index (χ0v) is 17.9. The van der Waals surface area contributed by atoms with Crippen molar-refractivity contribution in [3.8, 4) is 11.5 Å². The van der Waals surface area contributed by atoms with Crippen LogP contribution in [-0.2, 0) is 13.0 Å². The van der Waals surface area contributed by atoms with E-state index in [-0.39, 0.29) is 12.2 Å². The minimum absolute atomic E-state index is 0.139. The van der Waals surface area contributed by atoms with Gasteiger partial charge in [0.2, 0.25) is 5.89 Å². The van der Waals surface area contributed by atoms with Crippen molar-refractivity contribution < 1.29 is 14.0 Å². The molecule has 1 atom stereocenters. The number of aryl methyl sites for hydroxylation is 2. The smallest absolute Gasteiger partial charge is 0.223 e. The molecule has 0 radical (unpaired) electrons. The van der Waals surface area contributed by atoms with Crippen LogP contribution in [0, 0.1) is 6.92 Å². The highest BCUT2D eigenvalue weighted by Gasteiger charge is 2.24. The summed E-state index contributed by atoms with van der Waals surface area (Å²) in [6, 6.07) is 17.2. The van der Waals surface area contributed by atoms with E-state index in [1.807, 2.05) is 13.0 Å². The van der Waals surface area contributed by atoms with Crippen LogP contribution in [0.3, 0.4) is 0 Å². The van der Waals surface area contributed by atoms with Crippen molar-refractivity contribution in [2.75, 3.05) is 0 Å². The first-order valence-electron chi connectivity index (χ1n) is 11.3. The monoisotopic (exact) mass is 419 g/mol. The molecular formula is C25H29N3O3. The fourth-order valence-electron chi connectivity index (χ4n) is 4.57. The number of hydrogen-bond acceptors (Lipinski definition) is 6. The Morgan fingerprint density at radius 3 is 2.65 bits per heavy atom. The van der Waals surface area contributed by atoms with E-state index >= 15 is 0 Å². The Hall–Kier alpha value is -2.86. The van der Waals surface area contributed by atoms with Gasteiger partial charge < -0.3 is 19.3 Å². The molecule has 6 nitrogen and oxygen atoms in total. The number of nitrogens with one attached hydrogen (secondary N) is 1. The molecule has 1 aromatic heterocycles. The molecule has 1 saturated carbocycles. The largest absolute Gasteiger partial charge is 0.490 e. The van der Waals surface area contributed by atoms with Crippen molar-refractivity contribution in [2.24, 2.45) is 0 Å². The van der Waals surface area contributed by atoms with Gasteiger partial charge in [-0.1, -0.05) is 35.5 Å². The lowest BCUT2D eigenvalue weighted by atomic mass is 9.93.